The fourth-order valence-electron chi connectivity index (χ4n) is 0.919. The third kappa shape index (κ3) is 2.74. The van der Waals surface area contributed by atoms with Gasteiger partial charge in [-0.05, 0) is 27.7 Å². The number of amides is 1. The highest BCUT2D eigenvalue weighted by Gasteiger charge is 2.26. The standard InChI is InChI=1S/C7H14FNO2/c1-5-9(6(10)11-8)7(2,3)4/h5H2,1-4H3. The van der Waals surface area contributed by atoms with Crippen LogP contribution in [0.5, 0.6) is 0 Å². The molecule has 0 aromatic carbocycles. The third-order valence-corrected chi connectivity index (χ3v) is 1.41. The summed E-state index contributed by atoms with van der Waals surface area (Å²) in [6.07, 6.45) is -0.931. The summed E-state index contributed by atoms with van der Waals surface area (Å²) in [6, 6.07) is 0. The number of nitrogens with zero attached hydrogens (tertiary/aromatic N) is 1. The van der Waals surface area contributed by atoms with Crippen molar-refractivity contribution in [2.45, 2.75) is 33.2 Å². The topological polar surface area (TPSA) is 29.5 Å². The van der Waals surface area contributed by atoms with Crippen LogP contribution in [-0.4, -0.2) is 23.1 Å². The van der Waals surface area contributed by atoms with Crippen molar-refractivity contribution in [3.8, 4) is 0 Å². The Morgan fingerprint density at radius 3 is 2.09 bits per heavy atom. The minimum absolute atomic E-state index is 0.391. The molecule has 0 rings (SSSR count). The Hall–Kier alpha value is -0.800. The molecule has 3 nitrogen and oxygen atoms in total. The molecule has 0 heterocycles. The van der Waals surface area contributed by atoms with E-state index in [1.807, 2.05) is 20.8 Å². The molecule has 0 radical (unpaired) electrons. The van der Waals surface area contributed by atoms with Gasteiger partial charge in [-0.1, -0.05) is 0 Å². The first-order valence-electron chi connectivity index (χ1n) is 3.53. The van der Waals surface area contributed by atoms with Gasteiger partial charge in [0, 0.05) is 16.6 Å². The van der Waals surface area contributed by atoms with E-state index in [1.165, 1.54) is 4.90 Å². The summed E-state index contributed by atoms with van der Waals surface area (Å²) in [5, 5.41) is 0. The van der Waals surface area contributed by atoms with Gasteiger partial charge >= 0.3 is 6.09 Å². The van der Waals surface area contributed by atoms with E-state index in [1.54, 1.807) is 6.92 Å². The number of rotatable bonds is 1. The van der Waals surface area contributed by atoms with Gasteiger partial charge in [0.05, 0.1) is 0 Å². The third-order valence-electron chi connectivity index (χ3n) is 1.41. The zero-order valence-electron chi connectivity index (χ0n) is 7.35. The van der Waals surface area contributed by atoms with E-state index in [4.69, 9.17) is 0 Å². The SMILES string of the molecule is CCN(C(=O)OF)C(C)(C)C. The molecule has 0 N–H and O–H groups in total. The second-order valence-corrected chi connectivity index (χ2v) is 3.26. The van der Waals surface area contributed by atoms with Gasteiger partial charge in [-0.25, -0.2) is 9.74 Å². The molecule has 0 aliphatic rings. The minimum Gasteiger partial charge on any atom is -0.301 e. The smallest absolute Gasteiger partial charge is 0.301 e. The molecular formula is C7H14FNO2. The molecule has 0 bridgehead atoms. The maximum absolute atomic E-state index is 11.5. The summed E-state index contributed by atoms with van der Waals surface area (Å²) >= 11 is 0. The highest BCUT2D eigenvalue weighted by molar-refractivity contribution is 5.67. The Morgan fingerprint density at radius 1 is 1.55 bits per heavy atom. The number of carbonyl (C=O) groups is 1. The van der Waals surface area contributed by atoms with Gasteiger partial charge < -0.3 is 4.90 Å². The van der Waals surface area contributed by atoms with Gasteiger partial charge in [0.1, 0.15) is 0 Å². The first-order valence-corrected chi connectivity index (χ1v) is 3.53. The second-order valence-electron chi connectivity index (χ2n) is 3.26. The maximum atomic E-state index is 11.5. The van der Waals surface area contributed by atoms with E-state index in [9.17, 15) is 9.32 Å². The molecule has 0 saturated carbocycles. The molecule has 0 unspecified atom stereocenters. The van der Waals surface area contributed by atoms with Crippen LogP contribution in [0.25, 0.3) is 0 Å². The monoisotopic (exact) mass is 163 g/mol. The summed E-state index contributed by atoms with van der Waals surface area (Å²) in [5.41, 5.74) is -0.391. The van der Waals surface area contributed by atoms with E-state index < -0.39 is 11.6 Å². The van der Waals surface area contributed by atoms with Crippen molar-refractivity contribution in [2.75, 3.05) is 6.54 Å². The number of halogens is 1. The maximum Gasteiger partial charge on any atom is 0.447 e. The summed E-state index contributed by atoms with van der Waals surface area (Å²) in [7, 11) is 0. The second kappa shape index (κ2) is 3.55. The molecule has 0 aromatic rings. The van der Waals surface area contributed by atoms with Crippen molar-refractivity contribution in [1.82, 2.24) is 4.90 Å². The molecule has 0 fully saturated rings. The average Bonchev–Trinajstić information content (AvgIpc) is 1.86. The van der Waals surface area contributed by atoms with Crippen LogP contribution in [0.3, 0.4) is 0 Å². The van der Waals surface area contributed by atoms with E-state index in [-0.39, 0.29) is 0 Å². The molecule has 4 heteroatoms. The molecular weight excluding hydrogens is 149 g/mol. The number of carbonyl (C=O) groups excluding carboxylic acids is 1. The normalized spacial score (nSPS) is 11.0. The average molecular weight is 163 g/mol. The molecule has 1 amide bonds. The fourth-order valence-corrected chi connectivity index (χ4v) is 0.919. The predicted octanol–water partition coefficient (Wildman–Crippen LogP) is 2.13. The van der Waals surface area contributed by atoms with Crippen molar-refractivity contribution in [1.29, 1.82) is 0 Å². The quantitative estimate of drug-likeness (QED) is 0.592. The van der Waals surface area contributed by atoms with Crippen LogP contribution in [0.15, 0.2) is 0 Å². The van der Waals surface area contributed by atoms with Crippen molar-refractivity contribution < 1.29 is 14.3 Å². The lowest BCUT2D eigenvalue weighted by molar-refractivity contribution is -0.0879. The van der Waals surface area contributed by atoms with Gasteiger partial charge in [-0.2, -0.15) is 0 Å². The lowest BCUT2D eigenvalue weighted by Crippen LogP contribution is -2.44. The first kappa shape index (κ1) is 10.2. The minimum atomic E-state index is -0.931. The summed E-state index contributed by atoms with van der Waals surface area (Å²) in [6.45, 7) is 7.64. The zero-order valence-corrected chi connectivity index (χ0v) is 7.35. The molecule has 0 aromatic heterocycles. The summed E-state index contributed by atoms with van der Waals surface area (Å²) < 4.78 is 11.5. The van der Waals surface area contributed by atoms with Crippen LogP contribution >= 0.6 is 0 Å². The van der Waals surface area contributed by atoms with Crippen LogP contribution < -0.4 is 0 Å². The van der Waals surface area contributed by atoms with E-state index in [2.05, 4.69) is 4.94 Å². The molecule has 0 aliphatic carbocycles. The van der Waals surface area contributed by atoms with Crippen LogP contribution in [0.4, 0.5) is 9.32 Å². The van der Waals surface area contributed by atoms with Gasteiger partial charge in [-0.15, -0.1) is 0 Å². The zero-order chi connectivity index (χ0) is 9.07. The highest BCUT2D eigenvalue weighted by Crippen LogP contribution is 2.13. The van der Waals surface area contributed by atoms with E-state index in [0.717, 1.165) is 0 Å². The van der Waals surface area contributed by atoms with Crippen molar-refractivity contribution in [2.24, 2.45) is 0 Å². The molecule has 0 aliphatic heterocycles. The molecule has 0 spiro atoms. The Morgan fingerprint density at radius 2 is 2.00 bits per heavy atom. The van der Waals surface area contributed by atoms with Gasteiger partial charge in [-0.3, -0.25) is 0 Å². The van der Waals surface area contributed by atoms with Crippen molar-refractivity contribution in [3.05, 3.63) is 0 Å². The van der Waals surface area contributed by atoms with E-state index in [0.29, 0.717) is 6.54 Å². The molecule has 66 valence electrons. The number of hydrogen-bond acceptors (Lipinski definition) is 2. The summed E-state index contributed by atoms with van der Waals surface area (Å²) in [5.74, 6) is 0. The Labute approximate surface area is 66.0 Å². The van der Waals surface area contributed by atoms with Gasteiger partial charge in [0.25, 0.3) is 0 Å². The fraction of sp³-hybridized carbons (Fsp3) is 0.857. The van der Waals surface area contributed by atoms with Crippen LogP contribution in [0.2, 0.25) is 0 Å². The first-order chi connectivity index (χ1) is 4.93. The summed E-state index contributed by atoms with van der Waals surface area (Å²) in [4.78, 5) is 15.1. The van der Waals surface area contributed by atoms with Gasteiger partial charge in [0.15, 0.2) is 0 Å². The predicted molar refractivity (Wildman–Crippen MR) is 39.7 cm³/mol. The van der Waals surface area contributed by atoms with Crippen LogP contribution in [0, 0.1) is 0 Å². The molecule has 0 atom stereocenters. The van der Waals surface area contributed by atoms with Crippen molar-refractivity contribution in [3.63, 3.8) is 0 Å². The van der Waals surface area contributed by atoms with Crippen LogP contribution in [-0.2, 0) is 4.94 Å². The largest absolute Gasteiger partial charge is 0.447 e. The lowest BCUT2D eigenvalue weighted by Gasteiger charge is -2.31. The number of hydrogen-bond donors (Lipinski definition) is 0. The van der Waals surface area contributed by atoms with Crippen molar-refractivity contribution >= 4 is 6.09 Å². The van der Waals surface area contributed by atoms with Gasteiger partial charge in [0.2, 0.25) is 0 Å². The molecule has 0 saturated heterocycles. The lowest BCUT2D eigenvalue weighted by atomic mass is 10.1. The molecule has 11 heavy (non-hydrogen) atoms. The Bertz CT molecular complexity index is 142. The van der Waals surface area contributed by atoms with E-state index >= 15 is 0 Å². The Kier molecular flexibility index (Phi) is 3.29. The Balaban J connectivity index is 4.29. The van der Waals surface area contributed by atoms with Crippen LogP contribution in [0.1, 0.15) is 27.7 Å². The highest BCUT2D eigenvalue weighted by atomic mass is 19.3.